The minimum atomic E-state index is 0. The van der Waals surface area contributed by atoms with Crippen LogP contribution in [0.5, 0.6) is 0 Å². The predicted octanol–water partition coefficient (Wildman–Crippen LogP) is -3.40. The van der Waals surface area contributed by atoms with Crippen LogP contribution >= 0.6 is 0 Å². The van der Waals surface area contributed by atoms with Gasteiger partial charge in [-0.2, -0.15) is 0 Å². The molecule has 0 aliphatic rings. The van der Waals surface area contributed by atoms with Gasteiger partial charge < -0.3 is 16.4 Å². The summed E-state index contributed by atoms with van der Waals surface area (Å²) in [6.07, 6.45) is 0. The van der Waals surface area contributed by atoms with Gasteiger partial charge in [0.25, 0.3) is 0 Å². The molecule has 0 heterocycles. The van der Waals surface area contributed by atoms with Crippen LogP contribution in [0.3, 0.4) is 0 Å². The molecule has 0 amide bonds. The molecule has 0 fully saturated rings. The standard InChI is InChI=1S/Ba.2Fe.3H2O.2H/h;;;3*1H2;;. The maximum Gasteiger partial charge on any atom is 0 e. The quantitative estimate of drug-likeness (QED) is 0.417. The molecular weight excluding hydrogens is 297 g/mol. The van der Waals surface area contributed by atoms with Crippen LogP contribution in [0.2, 0.25) is 0 Å². The molecule has 0 saturated heterocycles. The number of hydrogen-bond donors (Lipinski definition) is 0. The molecule has 6 heteroatoms. The van der Waals surface area contributed by atoms with Crippen molar-refractivity contribution in [3.05, 3.63) is 0 Å². The molecule has 0 aliphatic carbocycles. The maximum atomic E-state index is 0. The molecule has 0 bridgehead atoms. The first-order valence-corrected chi connectivity index (χ1v) is 0. The van der Waals surface area contributed by atoms with Crippen molar-refractivity contribution in [1.29, 1.82) is 0 Å². The van der Waals surface area contributed by atoms with E-state index in [1.54, 1.807) is 0 Å². The largest absolute Gasteiger partial charge is 0 e. The van der Waals surface area contributed by atoms with Crippen molar-refractivity contribution in [2.45, 2.75) is 0 Å². The van der Waals surface area contributed by atoms with Crippen molar-refractivity contribution in [1.82, 2.24) is 0 Å². The summed E-state index contributed by atoms with van der Waals surface area (Å²) >= 11 is 0. The van der Waals surface area contributed by atoms with Gasteiger partial charge in [-0.15, -0.1) is 0 Å². The van der Waals surface area contributed by atoms with E-state index in [0.717, 1.165) is 0 Å². The first-order chi connectivity index (χ1) is 0. The Morgan fingerprint density at radius 2 is 0.500 bits per heavy atom. The second-order valence-corrected chi connectivity index (χ2v) is 0. The van der Waals surface area contributed by atoms with Crippen LogP contribution in [0.25, 0.3) is 0 Å². The van der Waals surface area contributed by atoms with E-state index in [4.69, 9.17) is 0 Å². The fourth-order valence-corrected chi connectivity index (χ4v) is 0. The summed E-state index contributed by atoms with van der Waals surface area (Å²) in [5, 5.41) is 0. The topological polar surface area (TPSA) is 94.5 Å². The molecule has 6 N–H and O–H groups in total. The van der Waals surface area contributed by atoms with Crippen molar-refractivity contribution >= 4 is 48.9 Å². The molecule has 0 aromatic heterocycles. The van der Waals surface area contributed by atoms with Gasteiger partial charge in [-0.05, 0) is 0 Å². The van der Waals surface area contributed by atoms with Crippen molar-refractivity contribution in [2.75, 3.05) is 0 Å². The normalized spacial score (nSPS) is 0. The molecule has 0 saturated carbocycles. The average molecular weight is 305 g/mol. The summed E-state index contributed by atoms with van der Waals surface area (Å²) in [7, 11) is 0. The summed E-state index contributed by atoms with van der Waals surface area (Å²) in [6.45, 7) is 0. The number of hydrogen-bond acceptors (Lipinski definition) is 0. The smallest absolute Gasteiger partial charge is 0 e. The molecule has 3 nitrogen and oxygen atoms in total. The first kappa shape index (κ1) is 76.8. The Balaban J connectivity index is 0. The molecule has 0 radical (unpaired) electrons. The van der Waals surface area contributed by atoms with Gasteiger partial charge in [-0.1, -0.05) is 0 Å². The summed E-state index contributed by atoms with van der Waals surface area (Å²) in [5.41, 5.74) is 0. The van der Waals surface area contributed by atoms with Gasteiger partial charge in [0.1, 0.15) is 0 Å². The van der Waals surface area contributed by atoms with E-state index in [-0.39, 0.29) is 99.4 Å². The summed E-state index contributed by atoms with van der Waals surface area (Å²) in [4.78, 5) is 0. The monoisotopic (exact) mass is 306 g/mol. The molecule has 0 unspecified atom stereocenters. The Bertz CT molecular complexity index is 8.75. The van der Waals surface area contributed by atoms with Gasteiger partial charge in [0.15, 0.2) is 0 Å². The Kier molecular flexibility index (Phi) is 651. The third-order valence-corrected chi connectivity index (χ3v) is 0. The molecular formula is H8BaFe2O3. The second kappa shape index (κ2) is 50.9. The summed E-state index contributed by atoms with van der Waals surface area (Å²) < 4.78 is 0. The molecule has 0 spiro atoms. The van der Waals surface area contributed by atoms with Crippen molar-refractivity contribution < 1.29 is 50.6 Å². The van der Waals surface area contributed by atoms with Crippen LogP contribution in [-0.4, -0.2) is 65.3 Å². The van der Waals surface area contributed by atoms with E-state index in [2.05, 4.69) is 0 Å². The van der Waals surface area contributed by atoms with Crippen LogP contribution in [-0.2, 0) is 34.1 Å². The second-order valence-electron chi connectivity index (χ2n) is 0. The first-order valence-electron chi connectivity index (χ1n) is 0. The minimum absolute atomic E-state index is 0. The van der Waals surface area contributed by atoms with E-state index in [1.807, 2.05) is 0 Å². The minimum Gasteiger partial charge on any atom is 0 e. The van der Waals surface area contributed by atoms with E-state index in [0.29, 0.717) is 0 Å². The molecule has 0 aromatic carbocycles. The van der Waals surface area contributed by atoms with Crippen LogP contribution < -0.4 is 0 Å². The van der Waals surface area contributed by atoms with E-state index >= 15 is 0 Å². The van der Waals surface area contributed by atoms with Gasteiger partial charge in [-0.3, -0.25) is 0 Å². The molecule has 0 aromatic rings. The summed E-state index contributed by atoms with van der Waals surface area (Å²) in [6, 6.07) is 0. The predicted molar refractivity (Wildman–Crippen MR) is 19.4 cm³/mol. The van der Waals surface area contributed by atoms with Gasteiger partial charge in [-0.25, -0.2) is 0 Å². The SMILES string of the molecule is O.O.O.[BaH2].[Fe].[Fe]. The van der Waals surface area contributed by atoms with Crippen LogP contribution in [0.4, 0.5) is 0 Å². The molecule has 0 atom stereocenters. The zero-order valence-corrected chi connectivity index (χ0v) is 4.42. The van der Waals surface area contributed by atoms with Crippen LogP contribution in [0.15, 0.2) is 0 Å². The third kappa shape index (κ3) is 31.5. The van der Waals surface area contributed by atoms with Crippen molar-refractivity contribution in [3.8, 4) is 0 Å². The zero-order chi connectivity index (χ0) is 0. The van der Waals surface area contributed by atoms with Crippen LogP contribution in [0.1, 0.15) is 0 Å². The molecule has 0 rings (SSSR count). The van der Waals surface area contributed by atoms with Gasteiger partial charge in [0.05, 0.1) is 0 Å². The van der Waals surface area contributed by atoms with Gasteiger partial charge in [0.2, 0.25) is 0 Å². The fourth-order valence-electron chi connectivity index (χ4n) is 0. The van der Waals surface area contributed by atoms with Gasteiger partial charge in [0, 0.05) is 34.1 Å². The Morgan fingerprint density at radius 3 is 0.500 bits per heavy atom. The van der Waals surface area contributed by atoms with Crippen LogP contribution in [0, 0.1) is 0 Å². The Labute approximate surface area is 97.6 Å². The molecule has 0 aliphatic heterocycles. The molecule has 6 heavy (non-hydrogen) atoms. The van der Waals surface area contributed by atoms with Crippen molar-refractivity contribution in [2.24, 2.45) is 0 Å². The van der Waals surface area contributed by atoms with E-state index in [1.165, 1.54) is 0 Å². The van der Waals surface area contributed by atoms with E-state index in [9.17, 15) is 0 Å². The van der Waals surface area contributed by atoms with Crippen molar-refractivity contribution in [3.63, 3.8) is 0 Å². The maximum absolute atomic E-state index is 0. The third-order valence-electron chi connectivity index (χ3n) is 0. The Hall–Kier alpha value is 2.49. The van der Waals surface area contributed by atoms with E-state index < -0.39 is 0 Å². The van der Waals surface area contributed by atoms with Gasteiger partial charge >= 0.3 is 48.9 Å². The zero-order valence-electron chi connectivity index (χ0n) is 2.21. The Morgan fingerprint density at radius 1 is 0.500 bits per heavy atom. The molecule has 44 valence electrons. The fraction of sp³-hybridized carbons (Fsp3) is 0. The summed E-state index contributed by atoms with van der Waals surface area (Å²) in [5.74, 6) is 0. The number of rotatable bonds is 0. The average Bonchev–Trinajstić information content (AvgIpc) is 0.